The van der Waals surface area contributed by atoms with Gasteiger partial charge in [-0.3, -0.25) is 4.90 Å². The summed E-state index contributed by atoms with van der Waals surface area (Å²) in [6, 6.07) is 9.17. The smallest absolute Gasteiger partial charge is 0.0622 e. The molecule has 0 amide bonds. The number of ether oxygens (including phenoxy) is 1. The lowest BCUT2D eigenvalue weighted by molar-refractivity contribution is -0.0127. The molecule has 0 saturated carbocycles. The Balaban J connectivity index is 1.99. The van der Waals surface area contributed by atoms with Gasteiger partial charge in [-0.05, 0) is 24.1 Å². The molecule has 2 nitrogen and oxygen atoms in total. The van der Waals surface area contributed by atoms with Gasteiger partial charge < -0.3 is 4.74 Å². The van der Waals surface area contributed by atoms with Crippen LogP contribution in [0.1, 0.15) is 18.9 Å². The fourth-order valence-corrected chi connectivity index (χ4v) is 2.36. The second-order valence-electron chi connectivity index (χ2n) is 4.23. The average molecular weight is 284 g/mol. The molecule has 1 heterocycles. The lowest BCUT2D eigenvalue weighted by Crippen LogP contribution is -2.44. The third-order valence-corrected chi connectivity index (χ3v) is 3.65. The van der Waals surface area contributed by atoms with Crippen LogP contribution in [-0.4, -0.2) is 30.7 Å². The number of rotatable bonds is 3. The summed E-state index contributed by atoms with van der Waals surface area (Å²) in [4.78, 5) is 2.52. The summed E-state index contributed by atoms with van der Waals surface area (Å²) in [6.07, 6.45) is 1.16. The Morgan fingerprint density at radius 2 is 2.12 bits per heavy atom. The van der Waals surface area contributed by atoms with Crippen LogP contribution in [0, 0.1) is 0 Å². The SMILES string of the molecule is CCC1COCCN1Cc1ccc(Br)cc1. The van der Waals surface area contributed by atoms with Crippen LogP contribution in [0.3, 0.4) is 0 Å². The molecule has 1 aliphatic heterocycles. The molecule has 1 saturated heterocycles. The molecule has 0 bridgehead atoms. The van der Waals surface area contributed by atoms with Crippen LogP contribution in [0.4, 0.5) is 0 Å². The minimum atomic E-state index is 0.581. The maximum atomic E-state index is 5.51. The van der Waals surface area contributed by atoms with E-state index in [9.17, 15) is 0 Å². The topological polar surface area (TPSA) is 12.5 Å². The summed E-state index contributed by atoms with van der Waals surface area (Å²) < 4.78 is 6.65. The van der Waals surface area contributed by atoms with Crippen molar-refractivity contribution in [2.45, 2.75) is 25.9 Å². The molecule has 88 valence electrons. The van der Waals surface area contributed by atoms with Crippen molar-refractivity contribution in [3.8, 4) is 0 Å². The van der Waals surface area contributed by atoms with Gasteiger partial charge >= 0.3 is 0 Å². The molecule has 1 aromatic rings. The van der Waals surface area contributed by atoms with E-state index in [1.807, 2.05) is 0 Å². The Labute approximate surface area is 106 Å². The summed E-state index contributed by atoms with van der Waals surface area (Å²) in [5.74, 6) is 0. The van der Waals surface area contributed by atoms with Crippen molar-refractivity contribution in [1.29, 1.82) is 0 Å². The monoisotopic (exact) mass is 283 g/mol. The van der Waals surface area contributed by atoms with E-state index in [1.54, 1.807) is 0 Å². The van der Waals surface area contributed by atoms with E-state index in [2.05, 4.69) is 52.0 Å². The molecule has 0 N–H and O–H groups in total. The Kier molecular flexibility index (Phi) is 4.38. The number of morpholine rings is 1. The number of halogens is 1. The molecule has 1 aliphatic rings. The summed E-state index contributed by atoms with van der Waals surface area (Å²) >= 11 is 3.46. The van der Waals surface area contributed by atoms with E-state index >= 15 is 0 Å². The zero-order valence-electron chi connectivity index (χ0n) is 9.66. The van der Waals surface area contributed by atoms with Crippen molar-refractivity contribution in [2.75, 3.05) is 19.8 Å². The third-order valence-electron chi connectivity index (χ3n) is 3.12. The van der Waals surface area contributed by atoms with Gasteiger partial charge in [0, 0.05) is 23.6 Å². The number of hydrogen-bond donors (Lipinski definition) is 0. The Morgan fingerprint density at radius 3 is 2.81 bits per heavy atom. The largest absolute Gasteiger partial charge is 0.378 e. The first-order valence-electron chi connectivity index (χ1n) is 5.86. The summed E-state index contributed by atoms with van der Waals surface area (Å²) in [7, 11) is 0. The molecule has 1 atom stereocenters. The van der Waals surface area contributed by atoms with E-state index in [4.69, 9.17) is 4.74 Å². The van der Waals surface area contributed by atoms with Crippen LogP contribution < -0.4 is 0 Å². The summed E-state index contributed by atoms with van der Waals surface area (Å²) in [6.45, 7) is 6.07. The minimum absolute atomic E-state index is 0.581. The van der Waals surface area contributed by atoms with Crippen LogP contribution in [0.2, 0.25) is 0 Å². The predicted octanol–water partition coefficient (Wildman–Crippen LogP) is 3.06. The van der Waals surface area contributed by atoms with Crippen molar-refractivity contribution >= 4 is 15.9 Å². The van der Waals surface area contributed by atoms with E-state index in [-0.39, 0.29) is 0 Å². The quantitative estimate of drug-likeness (QED) is 0.846. The molecule has 0 aliphatic carbocycles. The van der Waals surface area contributed by atoms with Crippen molar-refractivity contribution < 1.29 is 4.74 Å². The highest BCUT2D eigenvalue weighted by Crippen LogP contribution is 2.16. The number of nitrogens with zero attached hydrogens (tertiary/aromatic N) is 1. The summed E-state index contributed by atoms with van der Waals surface area (Å²) in [5, 5.41) is 0. The molecule has 1 unspecified atom stereocenters. The second-order valence-corrected chi connectivity index (χ2v) is 5.15. The maximum absolute atomic E-state index is 5.51. The van der Waals surface area contributed by atoms with Gasteiger partial charge in [-0.2, -0.15) is 0 Å². The molecule has 0 aromatic heterocycles. The van der Waals surface area contributed by atoms with E-state index in [1.165, 1.54) is 5.56 Å². The Morgan fingerprint density at radius 1 is 1.38 bits per heavy atom. The van der Waals surface area contributed by atoms with Crippen LogP contribution in [0.25, 0.3) is 0 Å². The first-order valence-corrected chi connectivity index (χ1v) is 6.65. The fourth-order valence-electron chi connectivity index (χ4n) is 2.10. The van der Waals surface area contributed by atoms with Crippen LogP contribution in [0.15, 0.2) is 28.7 Å². The molecule has 3 heteroatoms. The Bertz CT molecular complexity index is 325. The third kappa shape index (κ3) is 3.06. The highest BCUT2D eigenvalue weighted by Gasteiger charge is 2.20. The fraction of sp³-hybridized carbons (Fsp3) is 0.538. The molecule has 1 fully saturated rings. The lowest BCUT2D eigenvalue weighted by atomic mass is 10.1. The van der Waals surface area contributed by atoms with Crippen molar-refractivity contribution in [1.82, 2.24) is 4.90 Å². The highest BCUT2D eigenvalue weighted by molar-refractivity contribution is 9.10. The first kappa shape index (κ1) is 12.1. The maximum Gasteiger partial charge on any atom is 0.0622 e. The Hall–Kier alpha value is -0.380. The van der Waals surface area contributed by atoms with Gasteiger partial charge in [-0.1, -0.05) is 35.0 Å². The van der Waals surface area contributed by atoms with Crippen molar-refractivity contribution in [2.24, 2.45) is 0 Å². The van der Waals surface area contributed by atoms with Gasteiger partial charge in [-0.25, -0.2) is 0 Å². The van der Waals surface area contributed by atoms with Crippen molar-refractivity contribution in [3.63, 3.8) is 0 Å². The highest BCUT2D eigenvalue weighted by atomic mass is 79.9. The van der Waals surface area contributed by atoms with Gasteiger partial charge in [0.25, 0.3) is 0 Å². The van der Waals surface area contributed by atoms with E-state index in [0.29, 0.717) is 6.04 Å². The van der Waals surface area contributed by atoms with Crippen LogP contribution in [-0.2, 0) is 11.3 Å². The van der Waals surface area contributed by atoms with Gasteiger partial charge in [0.1, 0.15) is 0 Å². The van der Waals surface area contributed by atoms with Gasteiger partial charge in [-0.15, -0.1) is 0 Å². The molecule has 0 radical (unpaired) electrons. The minimum Gasteiger partial charge on any atom is -0.378 e. The zero-order chi connectivity index (χ0) is 11.4. The van der Waals surface area contributed by atoms with Gasteiger partial charge in [0.05, 0.1) is 13.2 Å². The standard InChI is InChI=1S/C13H18BrNO/c1-2-13-10-16-8-7-15(13)9-11-3-5-12(14)6-4-11/h3-6,13H,2,7-10H2,1H3. The zero-order valence-corrected chi connectivity index (χ0v) is 11.2. The van der Waals surface area contributed by atoms with E-state index < -0.39 is 0 Å². The molecule has 1 aromatic carbocycles. The molecular weight excluding hydrogens is 266 g/mol. The average Bonchev–Trinajstić information content (AvgIpc) is 2.33. The normalized spacial score (nSPS) is 22.2. The molecule has 0 spiro atoms. The second kappa shape index (κ2) is 5.80. The van der Waals surface area contributed by atoms with Crippen molar-refractivity contribution in [3.05, 3.63) is 34.3 Å². The molecular formula is C13H18BrNO. The number of benzene rings is 1. The lowest BCUT2D eigenvalue weighted by Gasteiger charge is -2.35. The number of hydrogen-bond acceptors (Lipinski definition) is 2. The predicted molar refractivity (Wildman–Crippen MR) is 69.5 cm³/mol. The molecule has 16 heavy (non-hydrogen) atoms. The van der Waals surface area contributed by atoms with Gasteiger partial charge in [0.15, 0.2) is 0 Å². The molecule has 2 rings (SSSR count). The summed E-state index contributed by atoms with van der Waals surface area (Å²) in [5.41, 5.74) is 1.38. The van der Waals surface area contributed by atoms with Crippen LogP contribution >= 0.6 is 15.9 Å². The first-order chi connectivity index (χ1) is 7.79. The van der Waals surface area contributed by atoms with Gasteiger partial charge in [0.2, 0.25) is 0 Å². The van der Waals surface area contributed by atoms with E-state index in [0.717, 1.165) is 37.2 Å². The van der Waals surface area contributed by atoms with Crippen LogP contribution in [0.5, 0.6) is 0 Å².